The van der Waals surface area contributed by atoms with Crippen molar-refractivity contribution < 1.29 is 13.5 Å². The molecule has 0 saturated carbocycles. The monoisotopic (exact) mass is 318 g/mol. The second kappa shape index (κ2) is 6.71. The van der Waals surface area contributed by atoms with Crippen LogP contribution in [0.4, 0.5) is 4.39 Å². The molecule has 1 aromatic carbocycles. The van der Waals surface area contributed by atoms with Crippen molar-refractivity contribution in [3.05, 3.63) is 35.5 Å². The first-order valence-electron chi connectivity index (χ1n) is 8.12. The zero-order valence-corrected chi connectivity index (χ0v) is 13.9. The Morgan fingerprint density at radius 1 is 1.39 bits per heavy atom. The van der Waals surface area contributed by atoms with Crippen LogP contribution in [0.25, 0.3) is 11.5 Å². The van der Waals surface area contributed by atoms with Gasteiger partial charge in [0.15, 0.2) is 0 Å². The number of aryl methyl sites for hydroxylation is 1. The van der Waals surface area contributed by atoms with Gasteiger partial charge in [0.05, 0.1) is 18.4 Å². The molecule has 0 aliphatic carbocycles. The van der Waals surface area contributed by atoms with E-state index >= 15 is 0 Å². The Labute approximate surface area is 136 Å². The number of hydrogen-bond donors (Lipinski definition) is 0. The van der Waals surface area contributed by atoms with E-state index in [1.807, 2.05) is 6.92 Å². The lowest BCUT2D eigenvalue weighted by molar-refractivity contribution is 0.150. The van der Waals surface area contributed by atoms with Gasteiger partial charge in [0.2, 0.25) is 5.89 Å². The van der Waals surface area contributed by atoms with Crippen LogP contribution >= 0.6 is 0 Å². The molecule has 5 heteroatoms. The first-order chi connectivity index (χ1) is 11.1. The van der Waals surface area contributed by atoms with Crippen LogP contribution in [0.3, 0.4) is 0 Å². The van der Waals surface area contributed by atoms with E-state index in [0.29, 0.717) is 23.2 Å². The van der Waals surface area contributed by atoms with Gasteiger partial charge in [-0.3, -0.25) is 4.90 Å². The third kappa shape index (κ3) is 3.39. The molecule has 1 aromatic heterocycles. The summed E-state index contributed by atoms with van der Waals surface area (Å²) in [6.07, 6.45) is 3.73. The van der Waals surface area contributed by atoms with Crippen LogP contribution in [0, 0.1) is 12.7 Å². The van der Waals surface area contributed by atoms with Gasteiger partial charge in [-0.2, -0.15) is 0 Å². The molecule has 0 amide bonds. The second-order valence-corrected chi connectivity index (χ2v) is 6.18. The zero-order chi connectivity index (χ0) is 16.4. The molecule has 2 aromatic rings. The number of oxazole rings is 1. The van der Waals surface area contributed by atoms with Gasteiger partial charge in [-0.05, 0) is 45.4 Å². The van der Waals surface area contributed by atoms with Crippen LogP contribution in [-0.2, 0) is 6.54 Å². The third-order valence-corrected chi connectivity index (χ3v) is 4.59. The molecule has 1 aliphatic rings. The summed E-state index contributed by atoms with van der Waals surface area (Å²) in [4.78, 5) is 6.95. The van der Waals surface area contributed by atoms with Gasteiger partial charge in [0.1, 0.15) is 17.3 Å². The van der Waals surface area contributed by atoms with E-state index in [2.05, 4.69) is 16.8 Å². The van der Waals surface area contributed by atoms with E-state index < -0.39 is 0 Å². The summed E-state index contributed by atoms with van der Waals surface area (Å²) in [5, 5.41) is 0. The molecule has 4 nitrogen and oxygen atoms in total. The Morgan fingerprint density at radius 2 is 2.22 bits per heavy atom. The third-order valence-electron chi connectivity index (χ3n) is 4.59. The van der Waals surface area contributed by atoms with Crippen molar-refractivity contribution in [1.82, 2.24) is 9.88 Å². The largest absolute Gasteiger partial charge is 0.497 e. The van der Waals surface area contributed by atoms with Gasteiger partial charge in [0, 0.05) is 18.7 Å². The highest BCUT2D eigenvalue weighted by molar-refractivity contribution is 5.56. The molecule has 0 radical (unpaired) electrons. The fraction of sp³-hybridized carbons (Fsp3) is 0.500. The molecule has 1 aliphatic heterocycles. The maximum absolute atomic E-state index is 14.2. The highest BCUT2D eigenvalue weighted by atomic mass is 19.1. The minimum atomic E-state index is -0.386. The Kier molecular flexibility index (Phi) is 4.66. The maximum atomic E-state index is 14.2. The normalized spacial score (nSPS) is 19.0. The summed E-state index contributed by atoms with van der Waals surface area (Å²) < 4.78 is 24.9. The minimum absolute atomic E-state index is 0.335. The molecule has 124 valence electrons. The number of piperidine rings is 1. The van der Waals surface area contributed by atoms with Crippen LogP contribution in [-0.4, -0.2) is 29.6 Å². The summed E-state index contributed by atoms with van der Waals surface area (Å²) in [5.41, 5.74) is 1.26. The fourth-order valence-electron chi connectivity index (χ4n) is 3.07. The molecule has 0 unspecified atom stereocenters. The lowest BCUT2D eigenvalue weighted by atomic mass is 10.0. The minimum Gasteiger partial charge on any atom is -0.497 e. The smallest absolute Gasteiger partial charge is 0.229 e. The molecule has 2 heterocycles. The van der Waals surface area contributed by atoms with Crippen LogP contribution in [0.5, 0.6) is 5.75 Å². The van der Waals surface area contributed by atoms with Crippen LogP contribution in [0.1, 0.15) is 37.6 Å². The summed E-state index contributed by atoms with van der Waals surface area (Å²) >= 11 is 0. The van der Waals surface area contributed by atoms with E-state index in [1.54, 1.807) is 12.1 Å². The van der Waals surface area contributed by atoms with Crippen molar-refractivity contribution in [2.75, 3.05) is 13.7 Å². The first kappa shape index (κ1) is 16.0. The van der Waals surface area contributed by atoms with Crippen molar-refractivity contribution in [2.45, 2.75) is 45.7 Å². The van der Waals surface area contributed by atoms with E-state index in [1.165, 1.54) is 32.4 Å². The highest BCUT2D eigenvalue weighted by Crippen LogP contribution is 2.28. The number of nitrogens with zero attached hydrogens (tertiary/aromatic N) is 2. The molecule has 1 atom stereocenters. The van der Waals surface area contributed by atoms with Gasteiger partial charge < -0.3 is 9.15 Å². The maximum Gasteiger partial charge on any atom is 0.229 e. The number of halogens is 1. The number of benzene rings is 1. The first-order valence-corrected chi connectivity index (χ1v) is 8.12. The van der Waals surface area contributed by atoms with Crippen LogP contribution in [0.2, 0.25) is 0 Å². The van der Waals surface area contributed by atoms with Gasteiger partial charge in [-0.25, -0.2) is 9.37 Å². The topological polar surface area (TPSA) is 38.5 Å². The molecular formula is C18H23FN2O2. The van der Waals surface area contributed by atoms with Crippen molar-refractivity contribution in [3.63, 3.8) is 0 Å². The number of rotatable bonds is 4. The number of likely N-dealkylation sites (tertiary alicyclic amines) is 1. The molecule has 0 N–H and O–H groups in total. The molecule has 0 bridgehead atoms. The molecule has 1 saturated heterocycles. The Bertz CT molecular complexity index is 684. The molecule has 0 spiro atoms. The molecule has 1 fully saturated rings. The van der Waals surface area contributed by atoms with Crippen molar-refractivity contribution in [1.29, 1.82) is 0 Å². The van der Waals surface area contributed by atoms with E-state index in [9.17, 15) is 4.39 Å². The van der Waals surface area contributed by atoms with Crippen LogP contribution in [0.15, 0.2) is 22.6 Å². The van der Waals surface area contributed by atoms with Gasteiger partial charge in [-0.15, -0.1) is 0 Å². The summed E-state index contributed by atoms with van der Waals surface area (Å²) in [7, 11) is 1.52. The predicted octanol–water partition coefficient (Wildman–Crippen LogP) is 4.17. The Balaban J connectivity index is 1.83. The van der Waals surface area contributed by atoms with Gasteiger partial charge in [-0.1, -0.05) is 6.42 Å². The molecule has 3 rings (SSSR count). The molecular weight excluding hydrogens is 295 g/mol. The van der Waals surface area contributed by atoms with Gasteiger partial charge >= 0.3 is 0 Å². The average molecular weight is 318 g/mol. The van der Waals surface area contributed by atoms with Crippen LogP contribution < -0.4 is 4.74 Å². The highest BCUT2D eigenvalue weighted by Gasteiger charge is 2.22. The van der Waals surface area contributed by atoms with Gasteiger partial charge in [0.25, 0.3) is 0 Å². The number of ether oxygens (including phenoxy) is 1. The molecule has 23 heavy (non-hydrogen) atoms. The number of hydrogen-bond acceptors (Lipinski definition) is 4. The number of methoxy groups -OCH3 is 1. The Hall–Kier alpha value is -1.88. The number of aromatic nitrogens is 1. The standard InChI is InChI=1S/C18H23FN2O2/c1-12-6-4-5-9-21(12)11-17-13(2)23-18(20-17)15-8-7-14(22-3)10-16(15)19/h7-8,10,12H,4-6,9,11H2,1-3H3/t12-/m0/s1. The van der Waals surface area contributed by atoms with E-state index in [4.69, 9.17) is 9.15 Å². The Morgan fingerprint density at radius 3 is 2.91 bits per heavy atom. The van der Waals surface area contributed by atoms with E-state index in [0.717, 1.165) is 24.5 Å². The fourth-order valence-corrected chi connectivity index (χ4v) is 3.07. The summed E-state index contributed by atoms with van der Waals surface area (Å²) in [6, 6.07) is 5.26. The zero-order valence-electron chi connectivity index (χ0n) is 13.9. The van der Waals surface area contributed by atoms with Crippen molar-refractivity contribution in [2.24, 2.45) is 0 Å². The second-order valence-electron chi connectivity index (χ2n) is 6.18. The SMILES string of the molecule is COc1ccc(-c2nc(CN3CCCC[C@@H]3C)c(C)o2)c(F)c1. The summed E-state index contributed by atoms with van der Waals surface area (Å²) in [6.45, 7) is 5.98. The lowest BCUT2D eigenvalue weighted by Gasteiger charge is -2.32. The quantitative estimate of drug-likeness (QED) is 0.848. The predicted molar refractivity (Wildman–Crippen MR) is 86.9 cm³/mol. The average Bonchev–Trinajstić information content (AvgIpc) is 2.90. The van der Waals surface area contributed by atoms with E-state index in [-0.39, 0.29) is 5.82 Å². The summed E-state index contributed by atoms with van der Waals surface area (Å²) in [5.74, 6) is 1.19. The van der Waals surface area contributed by atoms with Crippen molar-refractivity contribution >= 4 is 0 Å². The van der Waals surface area contributed by atoms with Crippen molar-refractivity contribution in [3.8, 4) is 17.2 Å². The lowest BCUT2D eigenvalue weighted by Crippen LogP contribution is -2.37.